The fourth-order valence-corrected chi connectivity index (χ4v) is 1.79. The lowest BCUT2D eigenvalue weighted by Crippen LogP contribution is -2.20. The average molecular weight is 296 g/mol. The molecular formula is C13H11Cl2N3O. The van der Waals surface area contributed by atoms with Crippen LogP contribution < -0.4 is 5.32 Å². The van der Waals surface area contributed by atoms with Gasteiger partial charge in [-0.1, -0.05) is 23.2 Å². The molecule has 0 saturated carbocycles. The molecule has 4 nitrogen and oxygen atoms in total. The van der Waals surface area contributed by atoms with E-state index >= 15 is 0 Å². The van der Waals surface area contributed by atoms with Gasteiger partial charge in [0.15, 0.2) is 0 Å². The molecule has 0 aliphatic rings. The highest BCUT2D eigenvalue weighted by Crippen LogP contribution is 2.21. The number of hydrogen-bond acceptors (Lipinski definition) is 2. The zero-order valence-corrected chi connectivity index (χ0v) is 11.4. The molecule has 0 radical (unpaired) electrons. The second kappa shape index (κ2) is 6.41. The van der Waals surface area contributed by atoms with Crippen molar-refractivity contribution in [3.63, 3.8) is 0 Å². The van der Waals surface area contributed by atoms with Crippen LogP contribution in [0.2, 0.25) is 10.0 Å². The van der Waals surface area contributed by atoms with Gasteiger partial charge >= 0.3 is 0 Å². The Kier molecular flexibility index (Phi) is 4.60. The standard InChI is InChI=1S/C13H11Cl2N3O/c14-10-2-3-11(15)9(7-10)1-4-13(19)18-8-12-16-5-6-17-12/h1-7H,8H2,(H,16,17)(H,18,19). The first-order valence-corrected chi connectivity index (χ1v) is 6.30. The number of benzene rings is 1. The number of carbonyl (C=O) groups excluding carboxylic acids is 1. The van der Waals surface area contributed by atoms with Crippen LogP contribution in [0.25, 0.3) is 6.08 Å². The third-order valence-electron chi connectivity index (χ3n) is 2.36. The molecular weight excluding hydrogens is 285 g/mol. The van der Waals surface area contributed by atoms with Gasteiger partial charge in [-0.15, -0.1) is 0 Å². The summed E-state index contributed by atoms with van der Waals surface area (Å²) >= 11 is 11.8. The highest BCUT2D eigenvalue weighted by molar-refractivity contribution is 6.34. The number of carbonyl (C=O) groups is 1. The fraction of sp³-hybridized carbons (Fsp3) is 0.0769. The normalized spacial score (nSPS) is 10.8. The van der Waals surface area contributed by atoms with Gasteiger partial charge in [0.2, 0.25) is 5.91 Å². The highest BCUT2D eigenvalue weighted by Gasteiger charge is 2.00. The fourth-order valence-electron chi connectivity index (χ4n) is 1.43. The first-order chi connectivity index (χ1) is 9.15. The van der Waals surface area contributed by atoms with Gasteiger partial charge in [0, 0.05) is 28.5 Å². The molecule has 1 aromatic heterocycles. The molecule has 2 N–H and O–H groups in total. The molecule has 0 aliphatic heterocycles. The van der Waals surface area contributed by atoms with E-state index in [1.54, 1.807) is 36.7 Å². The Morgan fingerprint density at radius 1 is 1.42 bits per heavy atom. The van der Waals surface area contributed by atoms with Crippen molar-refractivity contribution in [2.45, 2.75) is 6.54 Å². The number of nitrogens with zero attached hydrogens (tertiary/aromatic N) is 1. The number of nitrogens with one attached hydrogen (secondary N) is 2. The molecule has 2 rings (SSSR count). The van der Waals surface area contributed by atoms with Gasteiger partial charge in [-0.25, -0.2) is 4.98 Å². The maximum Gasteiger partial charge on any atom is 0.244 e. The van der Waals surface area contributed by atoms with Crippen LogP contribution in [0, 0.1) is 0 Å². The Labute approximate surface area is 120 Å². The van der Waals surface area contributed by atoms with Gasteiger partial charge in [-0.05, 0) is 29.8 Å². The minimum atomic E-state index is -0.229. The van der Waals surface area contributed by atoms with Crippen molar-refractivity contribution in [3.8, 4) is 0 Å². The topological polar surface area (TPSA) is 57.8 Å². The Morgan fingerprint density at radius 2 is 2.26 bits per heavy atom. The Balaban J connectivity index is 1.94. The summed E-state index contributed by atoms with van der Waals surface area (Å²) in [7, 11) is 0. The predicted molar refractivity (Wildman–Crippen MR) is 75.9 cm³/mol. The van der Waals surface area contributed by atoms with Crippen molar-refractivity contribution in [2.24, 2.45) is 0 Å². The van der Waals surface area contributed by atoms with Crippen LogP contribution in [0.3, 0.4) is 0 Å². The summed E-state index contributed by atoms with van der Waals surface area (Å²) in [6.45, 7) is 0.347. The van der Waals surface area contributed by atoms with Gasteiger partial charge in [0.25, 0.3) is 0 Å². The molecule has 98 valence electrons. The summed E-state index contributed by atoms with van der Waals surface area (Å²) in [5, 5.41) is 3.80. The zero-order chi connectivity index (χ0) is 13.7. The Hall–Kier alpha value is -1.78. The molecule has 1 heterocycles. The SMILES string of the molecule is O=C(C=Cc1cc(Cl)ccc1Cl)NCc1ncc[nH]1. The molecule has 0 unspecified atom stereocenters. The molecule has 2 aromatic rings. The second-order valence-electron chi connectivity index (χ2n) is 3.75. The van der Waals surface area contributed by atoms with Crippen molar-refractivity contribution >= 4 is 35.2 Å². The monoisotopic (exact) mass is 295 g/mol. The Morgan fingerprint density at radius 3 is 3.00 bits per heavy atom. The van der Waals surface area contributed by atoms with Crippen LogP contribution in [-0.2, 0) is 11.3 Å². The van der Waals surface area contributed by atoms with Crippen LogP contribution in [0.4, 0.5) is 0 Å². The van der Waals surface area contributed by atoms with E-state index < -0.39 is 0 Å². The van der Waals surface area contributed by atoms with E-state index in [0.29, 0.717) is 28.0 Å². The summed E-state index contributed by atoms with van der Waals surface area (Å²) in [5.41, 5.74) is 0.697. The molecule has 1 amide bonds. The summed E-state index contributed by atoms with van der Waals surface area (Å²) < 4.78 is 0. The third-order valence-corrected chi connectivity index (χ3v) is 2.94. The first kappa shape index (κ1) is 13.6. The molecule has 6 heteroatoms. The molecule has 0 saturated heterocycles. The van der Waals surface area contributed by atoms with E-state index in [-0.39, 0.29) is 5.91 Å². The van der Waals surface area contributed by atoms with Crippen LogP contribution in [0.15, 0.2) is 36.7 Å². The lowest BCUT2D eigenvalue weighted by molar-refractivity contribution is -0.116. The van der Waals surface area contributed by atoms with Crippen molar-refractivity contribution in [1.82, 2.24) is 15.3 Å². The van der Waals surface area contributed by atoms with E-state index in [0.717, 1.165) is 0 Å². The average Bonchev–Trinajstić information content (AvgIpc) is 2.90. The van der Waals surface area contributed by atoms with E-state index in [1.165, 1.54) is 6.08 Å². The van der Waals surface area contributed by atoms with Crippen LogP contribution in [0.1, 0.15) is 11.4 Å². The number of rotatable bonds is 4. The number of amides is 1. The van der Waals surface area contributed by atoms with Gasteiger partial charge in [0.1, 0.15) is 5.82 Å². The van der Waals surface area contributed by atoms with Gasteiger partial charge in [-0.3, -0.25) is 4.79 Å². The van der Waals surface area contributed by atoms with Crippen molar-refractivity contribution in [3.05, 3.63) is 58.1 Å². The van der Waals surface area contributed by atoms with Gasteiger partial charge < -0.3 is 10.3 Å². The van der Waals surface area contributed by atoms with Gasteiger partial charge in [0.05, 0.1) is 6.54 Å². The molecule has 0 spiro atoms. The van der Waals surface area contributed by atoms with E-state index in [1.807, 2.05) is 0 Å². The Bertz CT molecular complexity index is 594. The second-order valence-corrected chi connectivity index (χ2v) is 4.60. The van der Waals surface area contributed by atoms with E-state index in [2.05, 4.69) is 15.3 Å². The van der Waals surface area contributed by atoms with E-state index in [4.69, 9.17) is 23.2 Å². The van der Waals surface area contributed by atoms with Crippen LogP contribution in [-0.4, -0.2) is 15.9 Å². The number of imidazole rings is 1. The van der Waals surface area contributed by atoms with Gasteiger partial charge in [-0.2, -0.15) is 0 Å². The maximum absolute atomic E-state index is 11.6. The smallest absolute Gasteiger partial charge is 0.244 e. The van der Waals surface area contributed by atoms with E-state index in [9.17, 15) is 4.79 Å². The molecule has 19 heavy (non-hydrogen) atoms. The lowest BCUT2D eigenvalue weighted by atomic mass is 10.2. The maximum atomic E-state index is 11.6. The summed E-state index contributed by atoms with van der Waals surface area (Å²) in [4.78, 5) is 18.5. The molecule has 0 atom stereocenters. The van der Waals surface area contributed by atoms with Crippen LogP contribution >= 0.6 is 23.2 Å². The molecule has 1 aromatic carbocycles. The molecule has 0 bridgehead atoms. The first-order valence-electron chi connectivity index (χ1n) is 5.54. The summed E-state index contributed by atoms with van der Waals surface area (Å²) in [6.07, 6.45) is 6.35. The third kappa shape index (κ3) is 4.12. The predicted octanol–water partition coefficient (Wildman–Crippen LogP) is 3.05. The largest absolute Gasteiger partial charge is 0.347 e. The number of hydrogen-bond donors (Lipinski definition) is 2. The van der Waals surface area contributed by atoms with Crippen molar-refractivity contribution in [1.29, 1.82) is 0 Å². The molecule has 0 fully saturated rings. The molecule has 0 aliphatic carbocycles. The minimum Gasteiger partial charge on any atom is -0.347 e. The number of H-pyrrole nitrogens is 1. The zero-order valence-electron chi connectivity index (χ0n) is 9.86. The van der Waals surface area contributed by atoms with Crippen LogP contribution in [0.5, 0.6) is 0 Å². The summed E-state index contributed by atoms with van der Waals surface area (Å²) in [5.74, 6) is 0.468. The minimum absolute atomic E-state index is 0.229. The lowest BCUT2D eigenvalue weighted by Gasteiger charge is -2.00. The van der Waals surface area contributed by atoms with Crippen molar-refractivity contribution < 1.29 is 4.79 Å². The number of halogens is 2. The number of aromatic amines is 1. The highest BCUT2D eigenvalue weighted by atomic mass is 35.5. The number of aromatic nitrogens is 2. The summed E-state index contributed by atoms with van der Waals surface area (Å²) in [6, 6.07) is 5.07. The quantitative estimate of drug-likeness (QED) is 0.852. The van der Waals surface area contributed by atoms with Crippen molar-refractivity contribution in [2.75, 3.05) is 0 Å².